The van der Waals surface area contributed by atoms with Crippen LogP contribution in [0.4, 0.5) is 0 Å². The summed E-state index contributed by atoms with van der Waals surface area (Å²) in [7, 11) is 0. The topological polar surface area (TPSA) is 63.9 Å². The molecule has 0 bridgehead atoms. The van der Waals surface area contributed by atoms with Gasteiger partial charge in [0.05, 0.1) is 22.8 Å². The third-order valence-electron chi connectivity index (χ3n) is 4.48. The highest BCUT2D eigenvalue weighted by atomic mass is 35.5. The number of nitrogens with zero attached hydrogens (tertiary/aromatic N) is 3. The highest BCUT2D eigenvalue weighted by Gasteiger charge is 2.25. The molecule has 3 heterocycles. The molecule has 1 amide bonds. The molecule has 2 aromatic heterocycles. The van der Waals surface area contributed by atoms with E-state index in [1.54, 1.807) is 41.4 Å². The Balaban J connectivity index is 1.51. The fourth-order valence-corrected chi connectivity index (χ4v) is 3.55. The summed E-state index contributed by atoms with van der Waals surface area (Å²) in [5.74, 6) is 0.170. The van der Waals surface area contributed by atoms with Crippen LogP contribution in [0.5, 0.6) is 5.75 Å². The summed E-state index contributed by atoms with van der Waals surface area (Å²) in [6.07, 6.45) is 2.21. The molecule has 0 spiro atoms. The van der Waals surface area contributed by atoms with Crippen LogP contribution in [0.15, 0.2) is 47.4 Å². The first-order valence-electron chi connectivity index (χ1n) is 8.38. The quantitative estimate of drug-likeness (QED) is 0.674. The van der Waals surface area contributed by atoms with Crippen molar-refractivity contribution in [1.82, 2.24) is 14.3 Å². The van der Waals surface area contributed by atoms with Gasteiger partial charge in [-0.3, -0.25) is 14.0 Å². The van der Waals surface area contributed by atoms with Crippen molar-refractivity contribution >= 4 is 34.8 Å². The molecule has 0 unspecified atom stereocenters. The van der Waals surface area contributed by atoms with Gasteiger partial charge in [-0.15, -0.1) is 0 Å². The second kappa shape index (κ2) is 7.21. The van der Waals surface area contributed by atoms with Gasteiger partial charge in [-0.1, -0.05) is 29.3 Å². The van der Waals surface area contributed by atoms with E-state index in [0.717, 1.165) is 5.69 Å². The van der Waals surface area contributed by atoms with Crippen LogP contribution in [-0.4, -0.2) is 33.3 Å². The van der Waals surface area contributed by atoms with Gasteiger partial charge in [0.1, 0.15) is 11.4 Å². The van der Waals surface area contributed by atoms with Gasteiger partial charge >= 0.3 is 0 Å². The Labute approximate surface area is 164 Å². The van der Waals surface area contributed by atoms with Crippen LogP contribution in [0.2, 0.25) is 10.0 Å². The second-order valence-corrected chi connectivity index (χ2v) is 7.04. The predicted octanol–water partition coefficient (Wildman–Crippen LogP) is 2.97. The molecule has 6 nitrogen and oxygen atoms in total. The minimum atomic E-state index is -0.218. The Hall–Kier alpha value is -2.57. The van der Waals surface area contributed by atoms with Crippen molar-refractivity contribution < 1.29 is 9.53 Å². The van der Waals surface area contributed by atoms with E-state index in [2.05, 4.69) is 4.98 Å². The lowest BCUT2D eigenvalue weighted by atomic mass is 10.1. The maximum atomic E-state index is 12.7. The molecular formula is C19H15Cl2N3O3. The third-order valence-corrected chi connectivity index (χ3v) is 5.01. The number of benzene rings is 1. The van der Waals surface area contributed by atoms with Crippen LogP contribution in [0.3, 0.4) is 0 Å². The molecule has 8 heteroatoms. The molecular weight excluding hydrogens is 389 g/mol. The summed E-state index contributed by atoms with van der Waals surface area (Å²) < 4.78 is 7.01. The zero-order valence-electron chi connectivity index (χ0n) is 14.2. The third kappa shape index (κ3) is 3.50. The number of carbonyl (C=O) groups is 1. The molecule has 0 atom stereocenters. The molecule has 138 valence electrons. The minimum Gasteiger partial charge on any atom is -0.482 e. The Kier molecular flexibility index (Phi) is 4.76. The maximum Gasteiger partial charge on any atom is 0.263 e. The van der Waals surface area contributed by atoms with Crippen molar-refractivity contribution in [1.29, 1.82) is 0 Å². The van der Waals surface area contributed by atoms with Crippen LogP contribution in [0.25, 0.3) is 5.65 Å². The second-order valence-electron chi connectivity index (χ2n) is 6.20. The lowest BCUT2D eigenvalue weighted by Gasteiger charge is -2.28. The van der Waals surface area contributed by atoms with Gasteiger partial charge in [-0.05, 0) is 30.3 Å². The molecule has 0 fully saturated rings. The Morgan fingerprint density at radius 1 is 1.22 bits per heavy atom. The largest absolute Gasteiger partial charge is 0.482 e. The van der Waals surface area contributed by atoms with E-state index in [0.29, 0.717) is 40.0 Å². The molecule has 27 heavy (non-hydrogen) atoms. The number of ether oxygens (including phenoxy) is 1. The molecule has 4 rings (SSSR count). The van der Waals surface area contributed by atoms with Crippen LogP contribution in [-0.2, 0) is 17.8 Å². The van der Waals surface area contributed by atoms with Crippen molar-refractivity contribution in [3.05, 3.63) is 74.3 Å². The number of rotatable bonds is 3. The lowest BCUT2D eigenvalue weighted by Crippen LogP contribution is -2.42. The van der Waals surface area contributed by atoms with E-state index in [9.17, 15) is 9.59 Å². The first-order chi connectivity index (χ1) is 13.0. The molecule has 0 saturated carbocycles. The molecule has 1 aliphatic rings. The van der Waals surface area contributed by atoms with E-state index >= 15 is 0 Å². The van der Waals surface area contributed by atoms with Crippen molar-refractivity contribution in [3.8, 4) is 5.75 Å². The van der Waals surface area contributed by atoms with Gasteiger partial charge in [0.2, 0.25) is 0 Å². The summed E-state index contributed by atoms with van der Waals surface area (Å²) in [5.41, 5.74) is 1.76. The van der Waals surface area contributed by atoms with Crippen molar-refractivity contribution in [2.24, 2.45) is 0 Å². The first-order valence-corrected chi connectivity index (χ1v) is 9.13. The number of pyridine rings is 1. The van der Waals surface area contributed by atoms with E-state index in [4.69, 9.17) is 27.9 Å². The molecule has 3 aromatic rings. The first kappa shape index (κ1) is 17.8. The highest BCUT2D eigenvalue weighted by molar-refractivity contribution is 6.35. The Bertz CT molecular complexity index is 1100. The monoisotopic (exact) mass is 403 g/mol. The molecule has 0 N–H and O–H groups in total. The standard InChI is InChI=1S/C19H15Cl2N3O3/c20-12-4-5-16(14(21)9-12)27-11-18(25)23-8-6-15-13(10-23)19(26)24-7-2-1-3-17(24)22-15/h1-5,7,9H,6,8,10-11H2. The van der Waals surface area contributed by atoms with Gasteiger partial charge in [-0.2, -0.15) is 0 Å². The number of hydrogen-bond acceptors (Lipinski definition) is 4. The average Bonchev–Trinajstić information content (AvgIpc) is 2.67. The zero-order chi connectivity index (χ0) is 19.0. The molecule has 0 saturated heterocycles. The van der Waals surface area contributed by atoms with Gasteiger partial charge in [0.25, 0.3) is 11.5 Å². The van der Waals surface area contributed by atoms with Gasteiger partial charge in [-0.25, -0.2) is 4.98 Å². The summed E-state index contributed by atoms with van der Waals surface area (Å²) >= 11 is 11.9. The highest BCUT2D eigenvalue weighted by Crippen LogP contribution is 2.27. The average molecular weight is 404 g/mol. The normalized spacial score (nSPS) is 13.5. The fourth-order valence-electron chi connectivity index (χ4n) is 3.08. The van der Waals surface area contributed by atoms with E-state index in [1.165, 1.54) is 4.40 Å². The summed E-state index contributed by atoms with van der Waals surface area (Å²) in [6, 6.07) is 10.2. The maximum absolute atomic E-state index is 12.7. The Morgan fingerprint density at radius 2 is 2.07 bits per heavy atom. The SMILES string of the molecule is O=C(COc1ccc(Cl)cc1Cl)N1CCc2nc3ccccn3c(=O)c2C1. The van der Waals surface area contributed by atoms with Gasteiger partial charge < -0.3 is 9.64 Å². The summed E-state index contributed by atoms with van der Waals surface area (Å²) in [4.78, 5) is 31.4. The molecule has 1 aliphatic heterocycles. The van der Waals surface area contributed by atoms with Crippen LogP contribution in [0, 0.1) is 0 Å². The van der Waals surface area contributed by atoms with E-state index in [1.807, 2.05) is 6.07 Å². The number of halogens is 2. The number of aromatic nitrogens is 2. The van der Waals surface area contributed by atoms with Crippen molar-refractivity contribution in [3.63, 3.8) is 0 Å². The molecule has 0 aliphatic carbocycles. The molecule has 1 aromatic carbocycles. The number of carbonyl (C=O) groups excluding carboxylic acids is 1. The van der Waals surface area contributed by atoms with Crippen molar-refractivity contribution in [2.45, 2.75) is 13.0 Å². The fraction of sp³-hybridized carbons (Fsp3) is 0.211. The van der Waals surface area contributed by atoms with Crippen LogP contribution < -0.4 is 10.3 Å². The number of hydrogen-bond donors (Lipinski definition) is 0. The van der Waals surface area contributed by atoms with E-state index < -0.39 is 0 Å². The smallest absolute Gasteiger partial charge is 0.263 e. The van der Waals surface area contributed by atoms with Crippen molar-refractivity contribution in [2.75, 3.05) is 13.2 Å². The summed E-state index contributed by atoms with van der Waals surface area (Å²) in [6.45, 7) is 0.535. The number of amides is 1. The Morgan fingerprint density at radius 3 is 2.89 bits per heavy atom. The number of fused-ring (bicyclic) bond motifs is 2. The van der Waals surface area contributed by atoms with Crippen LogP contribution >= 0.6 is 23.2 Å². The van der Waals surface area contributed by atoms with Gasteiger partial charge in [0.15, 0.2) is 6.61 Å². The lowest BCUT2D eigenvalue weighted by molar-refractivity contribution is -0.134. The van der Waals surface area contributed by atoms with Crippen LogP contribution in [0.1, 0.15) is 11.3 Å². The molecule has 0 radical (unpaired) electrons. The zero-order valence-corrected chi connectivity index (χ0v) is 15.7. The minimum absolute atomic E-state index is 0.144. The van der Waals surface area contributed by atoms with E-state index in [-0.39, 0.29) is 24.6 Å². The predicted molar refractivity (Wildman–Crippen MR) is 103 cm³/mol. The summed E-state index contributed by atoms with van der Waals surface area (Å²) in [5, 5.41) is 0.833. The van der Waals surface area contributed by atoms with Gasteiger partial charge in [0, 0.05) is 24.2 Å².